The number of anilines is 1. The minimum atomic E-state index is -0.186. The van der Waals surface area contributed by atoms with Gasteiger partial charge in [0.2, 0.25) is 5.91 Å². The molecule has 1 aliphatic carbocycles. The molecule has 3 aliphatic rings. The fourth-order valence-corrected chi connectivity index (χ4v) is 6.96. The summed E-state index contributed by atoms with van der Waals surface area (Å²) in [6.45, 7) is 1.32. The van der Waals surface area contributed by atoms with E-state index in [-0.39, 0.29) is 36.0 Å². The number of nitrogens with zero attached hydrogens (tertiary/aromatic N) is 1. The lowest BCUT2D eigenvalue weighted by atomic mass is 9.79. The van der Waals surface area contributed by atoms with Crippen molar-refractivity contribution in [3.05, 3.63) is 102 Å². The van der Waals surface area contributed by atoms with Crippen LogP contribution in [0.1, 0.15) is 60.9 Å². The number of hydrogen-bond acceptors (Lipinski definition) is 3. The summed E-state index contributed by atoms with van der Waals surface area (Å²) in [4.78, 5) is 29.2. The first-order chi connectivity index (χ1) is 19.2. The number of urea groups is 1. The van der Waals surface area contributed by atoms with E-state index in [9.17, 15) is 9.59 Å². The summed E-state index contributed by atoms with van der Waals surface area (Å²) >= 11 is 0. The first-order valence-electron chi connectivity index (χ1n) is 14.5. The summed E-state index contributed by atoms with van der Waals surface area (Å²) in [5.74, 6) is 0.317. The van der Waals surface area contributed by atoms with E-state index in [0.717, 1.165) is 50.8 Å². The molecule has 3 aromatic rings. The highest BCUT2D eigenvalue weighted by molar-refractivity contribution is 5.83. The van der Waals surface area contributed by atoms with Gasteiger partial charge in [0, 0.05) is 30.7 Å². The number of carbonyl (C=O) groups is 2. The Labute approximate surface area is 231 Å². The maximum absolute atomic E-state index is 14.2. The molecule has 0 aromatic heterocycles. The monoisotopic (exact) mass is 522 g/mol. The Morgan fingerprint density at radius 1 is 0.846 bits per heavy atom. The van der Waals surface area contributed by atoms with Crippen LogP contribution in [0.5, 0.6) is 0 Å². The molecule has 2 fully saturated rings. The van der Waals surface area contributed by atoms with Gasteiger partial charge in [-0.2, -0.15) is 0 Å². The standard InChI is InChI=1S/C33H38N4O2/c38-32(26-16-8-10-18-29(26)36-33(39)34-21-19-23-11-3-1-4-12-23)37-22-20-27-30(24-13-5-2-6-14-24)35-28-17-9-7-15-25(28)31(27)37/h1-7,9,11-15,17,26-27,29-31,35H,8,10,16,18-22H2,(H2,34,36,39)/t26-,27+,29+,30-,31-/m0/s1. The third kappa shape index (κ3) is 5.38. The summed E-state index contributed by atoms with van der Waals surface area (Å²) in [6, 6.07) is 29.1. The van der Waals surface area contributed by atoms with Crippen molar-refractivity contribution in [2.24, 2.45) is 11.8 Å². The zero-order valence-corrected chi connectivity index (χ0v) is 22.4. The molecule has 2 heterocycles. The molecule has 6 rings (SSSR count). The minimum Gasteiger partial charge on any atom is -0.378 e. The molecule has 3 amide bonds. The van der Waals surface area contributed by atoms with Gasteiger partial charge in [-0.1, -0.05) is 91.7 Å². The van der Waals surface area contributed by atoms with E-state index in [1.165, 1.54) is 16.7 Å². The largest absolute Gasteiger partial charge is 0.378 e. The normalized spacial score (nSPS) is 25.6. The Morgan fingerprint density at radius 3 is 2.38 bits per heavy atom. The fourth-order valence-electron chi connectivity index (χ4n) is 6.96. The van der Waals surface area contributed by atoms with Crippen LogP contribution in [0.25, 0.3) is 0 Å². The smallest absolute Gasteiger partial charge is 0.315 e. The molecule has 0 bridgehead atoms. The summed E-state index contributed by atoms with van der Waals surface area (Å²) in [6.07, 6.45) is 5.47. The number of hydrogen-bond donors (Lipinski definition) is 3. The Bertz CT molecular complexity index is 1280. The van der Waals surface area contributed by atoms with Crippen LogP contribution in [-0.2, 0) is 11.2 Å². The van der Waals surface area contributed by atoms with Crippen LogP contribution in [0.15, 0.2) is 84.9 Å². The quantitative estimate of drug-likeness (QED) is 0.381. The molecule has 6 heteroatoms. The molecule has 202 valence electrons. The van der Waals surface area contributed by atoms with Gasteiger partial charge in [-0.25, -0.2) is 4.79 Å². The average Bonchev–Trinajstić information content (AvgIpc) is 3.43. The number of rotatable bonds is 6. The van der Waals surface area contributed by atoms with E-state index in [1.54, 1.807) is 0 Å². The van der Waals surface area contributed by atoms with Crippen LogP contribution in [0.2, 0.25) is 0 Å². The molecule has 3 N–H and O–H groups in total. The zero-order chi connectivity index (χ0) is 26.6. The molecule has 2 aliphatic heterocycles. The molecule has 1 saturated heterocycles. The van der Waals surface area contributed by atoms with Gasteiger partial charge < -0.3 is 20.9 Å². The molecular formula is C33H38N4O2. The van der Waals surface area contributed by atoms with Gasteiger partial charge >= 0.3 is 6.03 Å². The summed E-state index contributed by atoms with van der Waals surface area (Å²) < 4.78 is 0. The lowest BCUT2D eigenvalue weighted by Gasteiger charge is -2.42. The summed E-state index contributed by atoms with van der Waals surface area (Å²) in [5, 5.41) is 9.97. The highest BCUT2D eigenvalue weighted by Crippen LogP contribution is 2.51. The van der Waals surface area contributed by atoms with Crippen LogP contribution in [-0.4, -0.2) is 36.0 Å². The lowest BCUT2D eigenvalue weighted by Crippen LogP contribution is -2.52. The molecule has 0 radical (unpaired) electrons. The maximum atomic E-state index is 14.2. The minimum absolute atomic E-state index is 0.0439. The van der Waals surface area contributed by atoms with Crippen LogP contribution >= 0.6 is 0 Å². The van der Waals surface area contributed by atoms with Crippen LogP contribution in [0.3, 0.4) is 0 Å². The highest BCUT2D eigenvalue weighted by atomic mass is 16.2. The predicted molar refractivity (Wildman–Crippen MR) is 154 cm³/mol. The maximum Gasteiger partial charge on any atom is 0.315 e. The molecule has 3 aromatic carbocycles. The lowest BCUT2D eigenvalue weighted by molar-refractivity contribution is -0.138. The number of carbonyl (C=O) groups excluding carboxylic acids is 2. The number of benzene rings is 3. The number of para-hydroxylation sites is 1. The van der Waals surface area contributed by atoms with Gasteiger partial charge in [-0.15, -0.1) is 0 Å². The Morgan fingerprint density at radius 2 is 1.56 bits per heavy atom. The van der Waals surface area contributed by atoms with Gasteiger partial charge in [-0.3, -0.25) is 4.79 Å². The second-order valence-electron chi connectivity index (χ2n) is 11.2. The Hall–Kier alpha value is -3.80. The van der Waals surface area contributed by atoms with E-state index in [4.69, 9.17) is 0 Å². The second-order valence-corrected chi connectivity index (χ2v) is 11.2. The van der Waals surface area contributed by atoms with Crippen molar-refractivity contribution >= 4 is 17.6 Å². The molecule has 0 unspecified atom stereocenters. The van der Waals surface area contributed by atoms with Crippen molar-refractivity contribution in [2.45, 2.75) is 56.7 Å². The number of likely N-dealkylation sites (tertiary alicyclic amines) is 1. The van der Waals surface area contributed by atoms with Gasteiger partial charge in [0.15, 0.2) is 0 Å². The van der Waals surface area contributed by atoms with E-state index in [2.05, 4.69) is 87.6 Å². The molecule has 39 heavy (non-hydrogen) atoms. The molecule has 0 spiro atoms. The Balaban J connectivity index is 1.17. The van der Waals surface area contributed by atoms with Gasteiger partial charge in [-0.05, 0) is 48.4 Å². The first kappa shape index (κ1) is 25.5. The third-order valence-corrected chi connectivity index (χ3v) is 8.85. The van der Waals surface area contributed by atoms with Crippen molar-refractivity contribution in [2.75, 3.05) is 18.4 Å². The van der Waals surface area contributed by atoms with E-state index in [0.29, 0.717) is 12.5 Å². The van der Waals surface area contributed by atoms with E-state index in [1.807, 2.05) is 18.2 Å². The van der Waals surface area contributed by atoms with Gasteiger partial charge in [0.1, 0.15) is 0 Å². The van der Waals surface area contributed by atoms with Crippen molar-refractivity contribution in [3.63, 3.8) is 0 Å². The molecule has 5 atom stereocenters. The van der Waals surface area contributed by atoms with E-state index < -0.39 is 0 Å². The van der Waals surface area contributed by atoms with Crippen molar-refractivity contribution in [1.29, 1.82) is 0 Å². The SMILES string of the molecule is O=C(NCCc1ccccc1)N[C@@H]1CCCC[C@@H]1C(=O)N1CC[C@@H]2[C@H](c3ccccc3)Nc3ccccc3[C@@H]21. The van der Waals surface area contributed by atoms with Crippen molar-refractivity contribution in [3.8, 4) is 0 Å². The first-order valence-corrected chi connectivity index (χ1v) is 14.5. The topological polar surface area (TPSA) is 73.5 Å². The zero-order valence-electron chi connectivity index (χ0n) is 22.4. The number of fused-ring (bicyclic) bond motifs is 3. The highest BCUT2D eigenvalue weighted by Gasteiger charge is 2.48. The molecule has 1 saturated carbocycles. The summed E-state index contributed by atoms with van der Waals surface area (Å²) in [5.41, 5.74) is 4.78. The van der Waals surface area contributed by atoms with E-state index >= 15 is 0 Å². The van der Waals surface area contributed by atoms with Gasteiger partial charge in [0.25, 0.3) is 0 Å². The molecular weight excluding hydrogens is 484 g/mol. The number of nitrogens with one attached hydrogen (secondary N) is 3. The average molecular weight is 523 g/mol. The van der Waals surface area contributed by atoms with Gasteiger partial charge in [0.05, 0.1) is 18.0 Å². The second kappa shape index (κ2) is 11.5. The molecule has 6 nitrogen and oxygen atoms in total. The van der Waals surface area contributed by atoms with Crippen molar-refractivity contribution in [1.82, 2.24) is 15.5 Å². The fraction of sp³-hybridized carbons (Fsp3) is 0.394. The van der Waals surface area contributed by atoms with Crippen LogP contribution < -0.4 is 16.0 Å². The third-order valence-electron chi connectivity index (χ3n) is 8.85. The van der Waals surface area contributed by atoms with Crippen LogP contribution in [0.4, 0.5) is 10.5 Å². The number of amides is 3. The predicted octanol–water partition coefficient (Wildman–Crippen LogP) is 5.84. The summed E-state index contributed by atoms with van der Waals surface area (Å²) in [7, 11) is 0. The van der Waals surface area contributed by atoms with Crippen LogP contribution in [0, 0.1) is 11.8 Å². The van der Waals surface area contributed by atoms with Crippen molar-refractivity contribution < 1.29 is 9.59 Å². The Kier molecular flexibility index (Phi) is 7.53.